The number of hydrogen-bond donors (Lipinski definition) is 0. The van der Waals surface area contributed by atoms with Gasteiger partial charge < -0.3 is 0 Å². The average molecular weight is 244 g/mol. The SMILES string of the molecule is CSC(C)c1cnc2scc(Cl)c2c1. The summed E-state index contributed by atoms with van der Waals surface area (Å²) < 4.78 is 0. The highest BCUT2D eigenvalue weighted by Crippen LogP contribution is 2.32. The van der Waals surface area contributed by atoms with Crippen LogP contribution in [0.15, 0.2) is 17.6 Å². The van der Waals surface area contributed by atoms with Gasteiger partial charge in [-0.05, 0) is 24.8 Å². The van der Waals surface area contributed by atoms with E-state index in [0.717, 1.165) is 15.2 Å². The highest BCUT2D eigenvalue weighted by Gasteiger charge is 2.08. The van der Waals surface area contributed by atoms with Crippen LogP contribution in [-0.4, -0.2) is 11.2 Å². The van der Waals surface area contributed by atoms with E-state index in [2.05, 4.69) is 24.2 Å². The summed E-state index contributed by atoms with van der Waals surface area (Å²) >= 11 is 9.46. The van der Waals surface area contributed by atoms with Crippen LogP contribution in [0.1, 0.15) is 17.7 Å². The Hall–Kier alpha value is -0.250. The van der Waals surface area contributed by atoms with E-state index in [9.17, 15) is 0 Å². The predicted molar refractivity (Wildman–Crippen MR) is 66.6 cm³/mol. The van der Waals surface area contributed by atoms with Gasteiger partial charge in [0.25, 0.3) is 0 Å². The Labute approximate surface area is 96.5 Å². The second-order valence-corrected chi connectivity index (χ2v) is 5.53. The number of hydrogen-bond acceptors (Lipinski definition) is 3. The van der Waals surface area contributed by atoms with Crippen molar-refractivity contribution in [2.45, 2.75) is 12.2 Å². The highest BCUT2D eigenvalue weighted by atomic mass is 35.5. The number of thiophene rings is 1. The summed E-state index contributed by atoms with van der Waals surface area (Å²) in [7, 11) is 0. The summed E-state index contributed by atoms with van der Waals surface area (Å²) in [5, 5.41) is 4.30. The van der Waals surface area contributed by atoms with Crippen molar-refractivity contribution < 1.29 is 0 Å². The van der Waals surface area contributed by atoms with Gasteiger partial charge in [-0.25, -0.2) is 4.98 Å². The third-order valence-electron chi connectivity index (χ3n) is 2.23. The van der Waals surface area contributed by atoms with Crippen LogP contribution < -0.4 is 0 Å². The molecule has 1 unspecified atom stereocenters. The fourth-order valence-corrected chi connectivity index (χ4v) is 2.75. The Balaban J connectivity index is 2.54. The second kappa shape index (κ2) is 4.09. The molecule has 4 heteroatoms. The van der Waals surface area contributed by atoms with Gasteiger partial charge in [-0.3, -0.25) is 0 Å². The minimum Gasteiger partial charge on any atom is -0.245 e. The summed E-state index contributed by atoms with van der Waals surface area (Å²) in [6.45, 7) is 2.17. The molecule has 1 atom stereocenters. The van der Waals surface area contributed by atoms with E-state index in [1.807, 2.05) is 23.3 Å². The van der Waals surface area contributed by atoms with Gasteiger partial charge in [0.1, 0.15) is 4.83 Å². The molecule has 2 aromatic heterocycles. The molecule has 0 fully saturated rings. The largest absolute Gasteiger partial charge is 0.245 e. The summed E-state index contributed by atoms with van der Waals surface area (Å²) in [6, 6.07) is 2.14. The van der Waals surface area contributed by atoms with Crippen molar-refractivity contribution in [2.75, 3.05) is 6.26 Å². The van der Waals surface area contributed by atoms with Crippen molar-refractivity contribution in [1.82, 2.24) is 4.98 Å². The van der Waals surface area contributed by atoms with Crippen LogP contribution in [0.4, 0.5) is 0 Å². The molecule has 0 N–H and O–H groups in total. The van der Waals surface area contributed by atoms with E-state index in [1.165, 1.54) is 5.56 Å². The first-order valence-corrected chi connectivity index (χ1v) is 6.82. The monoisotopic (exact) mass is 243 g/mol. The Morgan fingerprint density at radius 2 is 2.36 bits per heavy atom. The lowest BCUT2D eigenvalue weighted by atomic mass is 10.2. The molecule has 1 nitrogen and oxygen atoms in total. The zero-order valence-corrected chi connectivity index (χ0v) is 10.3. The molecular formula is C10H10ClNS2. The zero-order valence-electron chi connectivity index (χ0n) is 7.95. The van der Waals surface area contributed by atoms with E-state index in [4.69, 9.17) is 11.6 Å². The van der Waals surface area contributed by atoms with Crippen molar-refractivity contribution in [3.63, 3.8) is 0 Å². The van der Waals surface area contributed by atoms with E-state index in [1.54, 1.807) is 11.3 Å². The molecule has 14 heavy (non-hydrogen) atoms. The lowest BCUT2D eigenvalue weighted by Crippen LogP contribution is -1.88. The number of thioether (sulfide) groups is 1. The number of halogens is 1. The topological polar surface area (TPSA) is 12.9 Å². The highest BCUT2D eigenvalue weighted by molar-refractivity contribution is 7.98. The van der Waals surface area contributed by atoms with Crippen molar-refractivity contribution in [3.8, 4) is 0 Å². The Morgan fingerprint density at radius 1 is 1.57 bits per heavy atom. The summed E-state index contributed by atoms with van der Waals surface area (Å²) in [5.74, 6) is 0. The van der Waals surface area contributed by atoms with E-state index in [-0.39, 0.29) is 0 Å². The number of pyridine rings is 1. The van der Waals surface area contributed by atoms with Crippen molar-refractivity contribution >= 4 is 44.9 Å². The first kappa shape index (κ1) is 10.3. The minimum absolute atomic E-state index is 0.475. The molecular weight excluding hydrogens is 234 g/mol. The summed E-state index contributed by atoms with van der Waals surface area (Å²) in [4.78, 5) is 5.41. The molecule has 0 amide bonds. The number of rotatable bonds is 2. The van der Waals surface area contributed by atoms with Crippen LogP contribution >= 0.6 is 34.7 Å². The van der Waals surface area contributed by atoms with Crippen LogP contribution in [-0.2, 0) is 0 Å². The molecule has 0 saturated heterocycles. The van der Waals surface area contributed by atoms with Crippen LogP contribution in [0, 0.1) is 0 Å². The molecule has 0 aliphatic rings. The molecule has 2 heterocycles. The van der Waals surface area contributed by atoms with E-state index >= 15 is 0 Å². The molecule has 0 spiro atoms. The first-order valence-electron chi connectivity index (χ1n) is 4.28. The molecule has 0 aliphatic carbocycles. The molecule has 2 aromatic rings. The normalized spacial score (nSPS) is 13.4. The maximum atomic E-state index is 6.06. The molecule has 0 aromatic carbocycles. The number of nitrogens with zero attached hydrogens (tertiary/aromatic N) is 1. The Morgan fingerprint density at radius 3 is 3.07 bits per heavy atom. The average Bonchev–Trinajstić information content (AvgIpc) is 2.59. The van der Waals surface area contributed by atoms with Gasteiger partial charge in [-0.15, -0.1) is 11.3 Å². The van der Waals surface area contributed by atoms with E-state index in [0.29, 0.717) is 5.25 Å². The van der Waals surface area contributed by atoms with Gasteiger partial charge in [0.05, 0.1) is 5.02 Å². The summed E-state index contributed by atoms with van der Waals surface area (Å²) in [6.07, 6.45) is 4.04. The summed E-state index contributed by atoms with van der Waals surface area (Å²) in [5.41, 5.74) is 1.24. The first-order chi connectivity index (χ1) is 6.72. The molecule has 0 saturated carbocycles. The third kappa shape index (κ3) is 1.76. The fraction of sp³-hybridized carbons (Fsp3) is 0.300. The molecule has 74 valence electrons. The molecule has 0 bridgehead atoms. The van der Waals surface area contributed by atoms with Crippen LogP contribution in [0.25, 0.3) is 10.2 Å². The molecule has 2 rings (SSSR count). The third-order valence-corrected chi connectivity index (χ3v) is 4.55. The smallest absolute Gasteiger partial charge is 0.124 e. The van der Waals surface area contributed by atoms with Gasteiger partial charge in [0.2, 0.25) is 0 Å². The van der Waals surface area contributed by atoms with Gasteiger partial charge in [0.15, 0.2) is 0 Å². The van der Waals surface area contributed by atoms with Gasteiger partial charge in [-0.2, -0.15) is 11.8 Å². The van der Waals surface area contributed by atoms with Crippen LogP contribution in [0.3, 0.4) is 0 Å². The minimum atomic E-state index is 0.475. The molecule has 0 radical (unpaired) electrons. The lowest BCUT2D eigenvalue weighted by molar-refractivity contribution is 1.09. The predicted octanol–water partition coefficient (Wildman–Crippen LogP) is 4.37. The van der Waals surface area contributed by atoms with Gasteiger partial charge in [-0.1, -0.05) is 11.6 Å². The van der Waals surface area contributed by atoms with Crippen molar-refractivity contribution in [2.24, 2.45) is 0 Å². The fourth-order valence-electron chi connectivity index (χ4n) is 1.26. The van der Waals surface area contributed by atoms with E-state index < -0.39 is 0 Å². The standard InChI is InChI=1S/C10H10ClNS2/c1-6(13-2)7-3-8-9(11)5-14-10(8)12-4-7/h3-6H,1-2H3. The number of fused-ring (bicyclic) bond motifs is 1. The van der Waals surface area contributed by atoms with Gasteiger partial charge in [0, 0.05) is 22.2 Å². The quantitative estimate of drug-likeness (QED) is 0.777. The van der Waals surface area contributed by atoms with Crippen molar-refractivity contribution in [3.05, 3.63) is 28.2 Å². The van der Waals surface area contributed by atoms with Crippen LogP contribution in [0.5, 0.6) is 0 Å². The Bertz CT molecular complexity index is 452. The number of aromatic nitrogens is 1. The zero-order chi connectivity index (χ0) is 10.1. The second-order valence-electron chi connectivity index (χ2n) is 3.08. The maximum absolute atomic E-state index is 6.06. The lowest BCUT2D eigenvalue weighted by Gasteiger charge is -2.07. The molecule has 0 aliphatic heterocycles. The van der Waals surface area contributed by atoms with Crippen LogP contribution in [0.2, 0.25) is 5.02 Å². The maximum Gasteiger partial charge on any atom is 0.124 e. The van der Waals surface area contributed by atoms with Crippen molar-refractivity contribution in [1.29, 1.82) is 0 Å². The van der Waals surface area contributed by atoms with Gasteiger partial charge >= 0.3 is 0 Å². The Kier molecular flexibility index (Phi) is 3.00.